The predicted molar refractivity (Wildman–Crippen MR) is 64.1 cm³/mol. The lowest BCUT2D eigenvalue weighted by Gasteiger charge is -2.23. The van der Waals surface area contributed by atoms with Crippen molar-refractivity contribution in [1.29, 1.82) is 0 Å². The monoisotopic (exact) mass is 240 g/mol. The Hall–Kier alpha value is -1.10. The maximum Gasteiger partial charge on any atom is 0.357 e. The largest absolute Gasteiger partial charge is 0.464 e. The Morgan fingerprint density at radius 1 is 1.56 bits per heavy atom. The summed E-state index contributed by atoms with van der Waals surface area (Å²) in [5.74, 6) is -0.359. The zero-order valence-corrected chi connectivity index (χ0v) is 10.4. The Labute approximate surface area is 99.2 Å². The molecule has 16 heavy (non-hydrogen) atoms. The third-order valence-electron chi connectivity index (χ3n) is 3.06. The first kappa shape index (κ1) is 11.4. The van der Waals surface area contributed by atoms with E-state index in [1.54, 1.807) is 5.38 Å². The Kier molecular flexibility index (Phi) is 3.43. The third-order valence-corrected chi connectivity index (χ3v) is 3.99. The second-order valence-corrected chi connectivity index (χ2v) is 4.89. The van der Waals surface area contributed by atoms with Crippen LogP contribution in [0.5, 0.6) is 0 Å². The molecule has 0 atom stereocenters. The average Bonchev–Trinajstić information content (AvgIpc) is 2.97. The van der Waals surface area contributed by atoms with Crippen LogP contribution in [0.3, 0.4) is 0 Å². The molecule has 0 N–H and O–H groups in total. The molecule has 1 aliphatic carbocycles. The fraction of sp³-hybridized carbons (Fsp3) is 0.636. The van der Waals surface area contributed by atoms with Crippen molar-refractivity contribution in [2.75, 3.05) is 19.1 Å². The van der Waals surface area contributed by atoms with Crippen LogP contribution < -0.4 is 4.90 Å². The molecule has 1 aromatic heterocycles. The summed E-state index contributed by atoms with van der Waals surface area (Å²) in [6.45, 7) is 0. The first-order valence-corrected chi connectivity index (χ1v) is 6.37. The second-order valence-electron chi connectivity index (χ2n) is 4.06. The highest BCUT2D eigenvalue weighted by molar-refractivity contribution is 7.13. The number of thiazole rings is 1. The molecule has 4 nitrogen and oxygen atoms in total. The van der Waals surface area contributed by atoms with Crippen molar-refractivity contribution >= 4 is 22.4 Å². The highest BCUT2D eigenvalue weighted by atomic mass is 32.1. The standard InChI is InChI=1S/C11H16N2O2S/c1-13(8-5-3-4-6-8)11-12-9(7-16-11)10(14)15-2/h7-8H,3-6H2,1-2H3. The van der Waals surface area contributed by atoms with Gasteiger partial charge in [0.1, 0.15) is 0 Å². The minimum Gasteiger partial charge on any atom is -0.464 e. The highest BCUT2D eigenvalue weighted by Crippen LogP contribution is 2.29. The Bertz CT molecular complexity index is 372. The molecule has 5 heteroatoms. The van der Waals surface area contributed by atoms with Crippen molar-refractivity contribution in [3.05, 3.63) is 11.1 Å². The normalized spacial score (nSPS) is 16.4. The number of hydrogen-bond acceptors (Lipinski definition) is 5. The van der Waals surface area contributed by atoms with Gasteiger partial charge >= 0.3 is 5.97 Å². The summed E-state index contributed by atoms with van der Waals surface area (Å²) in [5, 5.41) is 2.67. The Morgan fingerprint density at radius 2 is 2.25 bits per heavy atom. The van der Waals surface area contributed by atoms with E-state index in [-0.39, 0.29) is 5.97 Å². The van der Waals surface area contributed by atoms with Crippen LogP contribution in [0.1, 0.15) is 36.2 Å². The molecule has 1 heterocycles. The SMILES string of the molecule is COC(=O)c1csc(N(C)C2CCCC2)n1. The van der Waals surface area contributed by atoms with E-state index < -0.39 is 0 Å². The molecule has 0 saturated heterocycles. The van der Waals surface area contributed by atoms with Crippen molar-refractivity contribution in [2.45, 2.75) is 31.7 Å². The molecule has 2 rings (SSSR count). The van der Waals surface area contributed by atoms with Gasteiger partial charge < -0.3 is 9.64 Å². The molecule has 1 aliphatic rings. The Morgan fingerprint density at radius 3 is 2.88 bits per heavy atom. The fourth-order valence-electron chi connectivity index (χ4n) is 2.07. The van der Waals surface area contributed by atoms with Crippen molar-refractivity contribution in [2.24, 2.45) is 0 Å². The van der Waals surface area contributed by atoms with E-state index in [4.69, 9.17) is 0 Å². The molecule has 0 unspecified atom stereocenters. The smallest absolute Gasteiger partial charge is 0.357 e. The summed E-state index contributed by atoms with van der Waals surface area (Å²) in [6.07, 6.45) is 5.04. The van der Waals surface area contributed by atoms with Gasteiger partial charge in [-0.05, 0) is 12.8 Å². The topological polar surface area (TPSA) is 42.4 Å². The summed E-state index contributed by atoms with van der Waals surface area (Å²) in [6, 6.07) is 0.580. The van der Waals surface area contributed by atoms with Gasteiger partial charge in [-0.2, -0.15) is 0 Å². The highest BCUT2D eigenvalue weighted by Gasteiger charge is 2.22. The first-order valence-electron chi connectivity index (χ1n) is 5.49. The Balaban J connectivity index is 2.08. The number of aromatic nitrogens is 1. The van der Waals surface area contributed by atoms with Crippen molar-refractivity contribution in [3.8, 4) is 0 Å². The van der Waals surface area contributed by atoms with Crippen LogP contribution in [0, 0.1) is 0 Å². The lowest BCUT2D eigenvalue weighted by atomic mass is 10.2. The van der Waals surface area contributed by atoms with Gasteiger partial charge in [-0.25, -0.2) is 9.78 Å². The number of carbonyl (C=O) groups is 1. The number of rotatable bonds is 3. The predicted octanol–water partition coefficient (Wildman–Crippen LogP) is 2.31. The summed E-state index contributed by atoms with van der Waals surface area (Å²) >= 11 is 1.50. The van der Waals surface area contributed by atoms with Crippen LogP contribution in [-0.2, 0) is 4.74 Å². The maximum atomic E-state index is 11.3. The van der Waals surface area contributed by atoms with Gasteiger partial charge in [0.2, 0.25) is 0 Å². The number of ether oxygens (including phenoxy) is 1. The lowest BCUT2D eigenvalue weighted by Crippen LogP contribution is -2.28. The quantitative estimate of drug-likeness (QED) is 0.760. The lowest BCUT2D eigenvalue weighted by molar-refractivity contribution is 0.0595. The van der Waals surface area contributed by atoms with Gasteiger partial charge in [0.15, 0.2) is 10.8 Å². The zero-order chi connectivity index (χ0) is 11.5. The molecule has 1 fully saturated rings. The molecular weight excluding hydrogens is 224 g/mol. The summed E-state index contributed by atoms with van der Waals surface area (Å²) in [7, 11) is 3.43. The molecule has 0 spiro atoms. The number of esters is 1. The number of nitrogens with zero attached hydrogens (tertiary/aromatic N) is 2. The van der Waals surface area contributed by atoms with Crippen LogP contribution in [-0.4, -0.2) is 31.2 Å². The van der Waals surface area contributed by atoms with Gasteiger partial charge in [-0.1, -0.05) is 12.8 Å². The number of carbonyl (C=O) groups excluding carboxylic acids is 1. The van der Waals surface area contributed by atoms with Crippen LogP contribution in [0.25, 0.3) is 0 Å². The molecule has 1 saturated carbocycles. The summed E-state index contributed by atoms with van der Waals surface area (Å²) in [5.41, 5.74) is 0.410. The van der Waals surface area contributed by atoms with Gasteiger partial charge in [-0.3, -0.25) is 0 Å². The van der Waals surface area contributed by atoms with E-state index in [1.165, 1.54) is 44.1 Å². The number of methoxy groups -OCH3 is 1. The molecule has 0 radical (unpaired) electrons. The van der Waals surface area contributed by atoms with E-state index in [2.05, 4.69) is 21.7 Å². The molecule has 0 aromatic carbocycles. The van der Waals surface area contributed by atoms with E-state index in [9.17, 15) is 4.79 Å². The molecule has 88 valence electrons. The maximum absolute atomic E-state index is 11.3. The zero-order valence-electron chi connectivity index (χ0n) is 9.60. The molecule has 0 bridgehead atoms. The van der Waals surface area contributed by atoms with Gasteiger partial charge in [0, 0.05) is 18.5 Å². The molecule has 0 aliphatic heterocycles. The van der Waals surface area contributed by atoms with Gasteiger partial charge in [0.05, 0.1) is 7.11 Å². The number of anilines is 1. The molecule has 1 aromatic rings. The summed E-state index contributed by atoms with van der Waals surface area (Å²) < 4.78 is 4.64. The number of hydrogen-bond donors (Lipinski definition) is 0. The van der Waals surface area contributed by atoms with E-state index in [0.29, 0.717) is 11.7 Å². The minimum atomic E-state index is -0.359. The third kappa shape index (κ3) is 2.19. The van der Waals surface area contributed by atoms with E-state index >= 15 is 0 Å². The van der Waals surface area contributed by atoms with Crippen molar-refractivity contribution in [3.63, 3.8) is 0 Å². The van der Waals surface area contributed by atoms with Gasteiger partial charge in [0.25, 0.3) is 0 Å². The van der Waals surface area contributed by atoms with Crippen LogP contribution in [0.2, 0.25) is 0 Å². The van der Waals surface area contributed by atoms with Crippen molar-refractivity contribution in [1.82, 2.24) is 4.98 Å². The van der Waals surface area contributed by atoms with Crippen LogP contribution in [0.15, 0.2) is 5.38 Å². The minimum absolute atomic E-state index is 0.359. The summed E-state index contributed by atoms with van der Waals surface area (Å²) in [4.78, 5) is 17.8. The molecular formula is C11H16N2O2S. The van der Waals surface area contributed by atoms with E-state index in [0.717, 1.165) is 5.13 Å². The first-order chi connectivity index (χ1) is 7.72. The average molecular weight is 240 g/mol. The fourth-order valence-corrected chi connectivity index (χ4v) is 2.90. The van der Waals surface area contributed by atoms with Crippen molar-refractivity contribution < 1.29 is 9.53 Å². The second kappa shape index (κ2) is 4.82. The van der Waals surface area contributed by atoms with Gasteiger partial charge in [-0.15, -0.1) is 11.3 Å². The van der Waals surface area contributed by atoms with E-state index in [1.807, 2.05) is 0 Å². The van der Waals surface area contributed by atoms with Crippen LogP contribution >= 0.6 is 11.3 Å². The molecule has 0 amide bonds. The van der Waals surface area contributed by atoms with Crippen LogP contribution in [0.4, 0.5) is 5.13 Å².